The van der Waals surface area contributed by atoms with Crippen LogP contribution < -0.4 is 19.5 Å². The lowest BCUT2D eigenvalue weighted by Gasteiger charge is -2.15. The Hall–Kier alpha value is -3.14. The molecule has 1 aromatic heterocycles. The molecular weight excluding hydrogens is 466 g/mol. The van der Waals surface area contributed by atoms with Crippen molar-refractivity contribution in [3.63, 3.8) is 0 Å². The first-order chi connectivity index (χ1) is 15.8. The van der Waals surface area contributed by atoms with Gasteiger partial charge in [0, 0.05) is 23.8 Å². The monoisotopic (exact) mass is 489 g/mol. The van der Waals surface area contributed by atoms with Crippen LogP contribution in [0.4, 0.5) is 0 Å². The van der Waals surface area contributed by atoms with Crippen molar-refractivity contribution < 1.29 is 22.7 Å². The van der Waals surface area contributed by atoms with Crippen molar-refractivity contribution >= 4 is 27.5 Å². The summed E-state index contributed by atoms with van der Waals surface area (Å²) in [6.07, 6.45) is 1.57. The van der Waals surface area contributed by atoms with Crippen LogP contribution >= 0.6 is 11.6 Å². The quantitative estimate of drug-likeness (QED) is 0.447. The van der Waals surface area contributed by atoms with Crippen molar-refractivity contribution in [1.82, 2.24) is 15.0 Å². The summed E-state index contributed by atoms with van der Waals surface area (Å²) >= 11 is 5.79. The zero-order chi connectivity index (χ0) is 23.8. The van der Waals surface area contributed by atoms with Gasteiger partial charge in [-0.25, -0.2) is 13.4 Å². The smallest absolute Gasteiger partial charge is 0.241 e. The number of sulfonamides is 1. The van der Waals surface area contributed by atoms with E-state index < -0.39 is 22.0 Å². The van der Waals surface area contributed by atoms with Crippen LogP contribution in [0.25, 0.3) is 0 Å². The summed E-state index contributed by atoms with van der Waals surface area (Å²) in [5.74, 6) is 1.23. The van der Waals surface area contributed by atoms with Crippen LogP contribution in [0, 0.1) is 0 Å². The molecule has 2 aromatic carbocycles. The van der Waals surface area contributed by atoms with E-state index in [0.29, 0.717) is 23.3 Å². The van der Waals surface area contributed by atoms with Gasteiger partial charge in [0.2, 0.25) is 21.8 Å². The van der Waals surface area contributed by atoms with Gasteiger partial charge < -0.3 is 14.8 Å². The second-order valence-corrected chi connectivity index (χ2v) is 9.17. The van der Waals surface area contributed by atoms with E-state index in [4.69, 9.17) is 21.1 Å². The highest BCUT2D eigenvalue weighted by Crippen LogP contribution is 2.23. The van der Waals surface area contributed by atoms with Crippen LogP contribution in [0.15, 0.2) is 71.8 Å². The van der Waals surface area contributed by atoms with Gasteiger partial charge in [-0.2, -0.15) is 4.72 Å². The molecule has 3 aromatic rings. The lowest BCUT2D eigenvalue weighted by atomic mass is 10.2. The summed E-state index contributed by atoms with van der Waals surface area (Å²) in [4.78, 5) is 16.6. The third-order valence-corrected chi connectivity index (χ3v) is 6.28. The van der Waals surface area contributed by atoms with Gasteiger partial charge in [-0.1, -0.05) is 11.6 Å². The number of hydrogen-bond donors (Lipinski definition) is 2. The molecule has 33 heavy (non-hydrogen) atoms. The summed E-state index contributed by atoms with van der Waals surface area (Å²) in [6, 6.07) is 15.3. The van der Waals surface area contributed by atoms with Gasteiger partial charge >= 0.3 is 0 Å². The number of nitrogens with one attached hydrogen (secondary N) is 2. The molecule has 0 fully saturated rings. The number of carbonyl (C=O) groups is 1. The molecule has 8 nitrogen and oxygen atoms in total. The van der Waals surface area contributed by atoms with Crippen LogP contribution in [-0.4, -0.2) is 32.0 Å². The SMILES string of the molecule is CCOc1ccc(Oc2cc(CNC(=O)[C@H](C)NS(=O)(=O)c3ccc(Cl)cc3)ccn2)cc1. The Morgan fingerprint density at radius 3 is 2.39 bits per heavy atom. The molecule has 174 valence electrons. The summed E-state index contributed by atoms with van der Waals surface area (Å²) in [5, 5.41) is 3.13. The maximum atomic E-state index is 12.4. The number of ether oxygens (including phenoxy) is 2. The van der Waals surface area contributed by atoms with Crippen molar-refractivity contribution in [2.75, 3.05) is 6.61 Å². The molecule has 1 amide bonds. The molecule has 0 aliphatic carbocycles. The van der Waals surface area contributed by atoms with Gasteiger partial charge in [-0.05, 0) is 74.0 Å². The molecule has 0 unspecified atom stereocenters. The number of amides is 1. The van der Waals surface area contributed by atoms with Gasteiger partial charge in [0.25, 0.3) is 0 Å². The minimum absolute atomic E-state index is 0.0248. The van der Waals surface area contributed by atoms with E-state index in [1.165, 1.54) is 31.2 Å². The van der Waals surface area contributed by atoms with Crippen molar-refractivity contribution in [3.8, 4) is 17.4 Å². The zero-order valence-corrected chi connectivity index (χ0v) is 19.7. The molecule has 10 heteroatoms. The minimum atomic E-state index is -3.86. The lowest BCUT2D eigenvalue weighted by molar-refractivity contribution is -0.122. The zero-order valence-electron chi connectivity index (χ0n) is 18.1. The Kier molecular flexibility index (Phi) is 8.26. The number of aromatic nitrogens is 1. The number of rotatable bonds is 10. The molecule has 0 aliphatic rings. The highest BCUT2D eigenvalue weighted by Gasteiger charge is 2.21. The minimum Gasteiger partial charge on any atom is -0.494 e. The van der Waals surface area contributed by atoms with Crippen molar-refractivity contribution in [2.24, 2.45) is 0 Å². The number of benzene rings is 2. The fraction of sp³-hybridized carbons (Fsp3) is 0.217. The van der Waals surface area contributed by atoms with Gasteiger partial charge in [0.1, 0.15) is 11.5 Å². The first-order valence-electron chi connectivity index (χ1n) is 10.2. The second-order valence-electron chi connectivity index (χ2n) is 7.02. The fourth-order valence-corrected chi connectivity index (χ4v) is 4.15. The van der Waals surface area contributed by atoms with Crippen molar-refractivity contribution in [2.45, 2.75) is 31.3 Å². The predicted molar refractivity (Wildman–Crippen MR) is 125 cm³/mol. The molecule has 3 rings (SSSR count). The van der Waals surface area contributed by atoms with Gasteiger partial charge in [0.05, 0.1) is 17.5 Å². The number of halogens is 1. The lowest BCUT2D eigenvalue weighted by Crippen LogP contribution is -2.44. The molecule has 0 aliphatic heterocycles. The average molecular weight is 490 g/mol. The van der Waals surface area contributed by atoms with Crippen LogP contribution in [0.5, 0.6) is 17.4 Å². The second kappa shape index (κ2) is 11.1. The van der Waals surface area contributed by atoms with E-state index in [1.54, 1.807) is 42.6 Å². The summed E-state index contributed by atoms with van der Waals surface area (Å²) < 4.78 is 38.4. The molecule has 2 N–H and O–H groups in total. The molecule has 0 bridgehead atoms. The van der Waals surface area contributed by atoms with Crippen LogP contribution in [0.1, 0.15) is 19.4 Å². The van der Waals surface area contributed by atoms with E-state index in [-0.39, 0.29) is 11.4 Å². The topological polar surface area (TPSA) is 107 Å². The van der Waals surface area contributed by atoms with Crippen LogP contribution in [0.3, 0.4) is 0 Å². The van der Waals surface area contributed by atoms with E-state index >= 15 is 0 Å². The first kappa shape index (κ1) is 24.5. The molecule has 1 atom stereocenters. The number of nitrogens with zero attached hydrogens (tertiary/aromatic N) is 1. The Morgan fingerprint density at radius 2 is 1.73 bits per heavy atom. The van der Waals surface area contributed by atoms with Gasteiger partial charge in [-0.15, -0.1) is 0 Å². The average Bonchev–Trinajstić information content (AvgIpc) is 2.79. The van der Waals surface area contributed by atoms with Crippen LogP contribution in [0.2, 0.25) is 5.02 Å². The van der Waals surface area contributed by atoms with E-state index in [2.05, 4.69) is 15.0 Å². The molecule has 0 spiro atoms. The number of pyridine rings is 1. The third-order valence-electron chi connectivity index (χ3n) is 4.47. The normalized spacial score (nSPS) is 12.1. The fourth-order valence-electron chi connectivity index (χ4n) is 2.82. The standard InChI is InChI=1S/C23H24ClN3O5S/c1-3-31-19-6-8-20(9-7-19)32-22-14-17(12-13-25-22)15-26-23(28)16(2)27-33(29,30)21-10-4-18(24)5-11-21/h4-14,16,27H,3,15H2,1-2H3,(H,26,28)/t16-/m0/s1. The molecular formula is C23H24ClN3O5S. The van der Waals surface area contributed by atoms with Crippen molar-refractivity contribution in [1.29, 1.82) is 0 Å². The summed E-state index contributed by atoms with van der Waals surface area (Å²) in [6.45, 7) is 4.13. The Morgan fingerprint density at radius 1 is 1.06 bits per heavy atom. The van der Waals surface area contributed by atoms with Gasteiger partial charge in [-0.3, -0.25) is 4.79 Å². The largest absolute Gasteiger partial charge is 0.494 e. The van der Waals surface area contributed by atoms with E-state index in [1.807, 2.05) is 6.92 Å². The van der Waals surface area contributed by atoms with Gasteiger partial charge in [0.15, 0.2) is 0 Å². The molecule has 1 heterocycles. The van der Waals surface area contributed by atoms with Crippen LogP contribution in [-0.2, 0) is 21.4 Å². The maximum absolute atomic E-state index is 12.4. The number of hydrogen-bond acceptors (Lipinski definition) is 6. The maximum Gasteiger partial charge on any atom is 0.241 e. The highest BCUT2D eigenvalue weighted by molar-refractivity contribution is 7.89. The molecule has 0 radical (unpaired) electrons. The first-order valence-corrected chi connectivity index (χ1v) is 12.0. The van der Waals surface area contributed by atoms with Crippen molar-refractivity contribution in [3.05, 3.63) is 77.4 Å². The van der Waals surface area contributed by atoms with E-state index in [9.17, 15) is 13.2 Å². The third kappa shape index (κ3) is 7.18. The highest BCUT2D eigenvalue weighted by atomic mass is 35.5. The molecule has 0 saturated heterocycles. The Bertz CT molecular complexity index is 1190. The summed E-state index contributed by atoms with van der Waals surface area (Å²) in [7, 11) is -3.86. The Balaban J connectivity index is 1.55. The Labute approximate surface area is 198 Å². The predicted octanol–water partition coefficient (Wildman–Crippen LogP) is 3.91. The van der Waals surface area contributed by atoms with E-state index in [0.717, 1.165) is 11.3 Å². The number of carbonyl (C=O) groups excluding carboxylic acids is 1. The summed E-state index contributed by atoms with van der Waals surface area (Å²) in [5.41, 5.74) is 0.743. The molecule has 0 saturated carbocycles.